The zero-order chi connectivity index (χ0) is 19.2. The summed E-state index contributed by atoms with van der Waals surface area (Å²) >= 11 is 5.84. The highest BCUT2D eigenvalue weighted by Gasteiger charge is 2.14. The molecule has 0 saturated heterocycles. The van der Waals surface area contributed by atoms with Crippen LogP contribution in [0.1, 0.15) is 21.6 Å². The maximum absolute atomic E-state index is 12.4. The van der Waals surface area contributed by atoms with Gasteiger partial charge in [0, 0.05) is 22.6 Å². The van der Waals surface area contributed by atoms with Gasteiger partial charge in [-0.2, -0.15) is 0 Å². The second-order valence-corrected chi connectivity index (χ2v) is 6.57. The summed E-state index contributed by atoms with van der Waals surface area (Å²) in [7, 11) is 0. The normalized spacial score (nSPS) is 10.6. The number of nitrogens with one attached hydrogen (secondary N) is 1. The van der Waals surface area contributed by atoms with Crippen molar-refractivity contribution >= 4 is 34.4 Å². The van der Waals surface area contributed by atoms with Gasteiger partial charge in [-0.1, -0.05) is 41.9 Å². The minimum atomic E-state index is -0.537. The summed E-state index contributed by atoms with van der Waals surface area (Å²) in [4.78, 5) is 28.7. The van der Waals surface area contributed by atoms with Crippen LogP contribution in [0.5, 0.6) is 0 Å². The lowest BCUT2D eigenvalue weighted by Crippen LogP contribution is -2.30. The van der Waals surface area contributed by atoms with Crippen molar-refractivity contribution in [3.8, 4) is 0 Å². The highest BCUT2D eigenvalue weighted by molar-refractivity contribution is 6.30. The molecule has 1 heterocycles. The Morgan fingerprint density at radius 3 is 2.63 bits per heavy atom. The molecular weight excluding hydrogens is 364 g/mol. The number of fused-ring (bicyclic) bond motifs is 1. The van der Waals surface area contributed by atoms with Gasteiger partial charge < -0.3 is 10.1 Å². The summed E-state index contributed by atoms with van der Waals surface area (Å²) in [5, 5.41) is 4.12. The number of rotatable bonds is 6. The number of carbonyl (C=O) groups excluding carboxylic acids is 2. The maximum atomic E-state index is 12.4. The van der Waals surface area contributed by atoms with Crippen molar-refractivity contribution in [2.75, 3.05) is 13.2 Å². The molecule has 0 aliphatic heterocycles. The maximum Gasteiger partial charge on any atom is 0.339 e. The molecule has 0 atom stereocenters. The van der Waals surface area contributed by atoms with E-state index in [0.717, 1.165) is 11.1 Å². The highest BCUT2D eigenvalue weighted by Crippen LogP contribution is 2.19. The molecule has 0 unspecified atom stereocenters. The van der Waals surface area contributed by atoms with E-state index in [1.165, 1.54) is 0 Å². The van der Waals surface area contributed by atoms with E-state index in [-0.39, 0.29) is 12.5 Å². The third-order valence-corrected chi connectivity index (χ3v) is 4.30. The molecule has 0 spiro atoms. The molecule has 138 valence electrons. The molecule has 0 fully saturated rings. The zero-order valence-corrected chi connectivity index (χ0v) is 15.6. The highest BCUT2D eigenvalue weighted by atomic mass is 35.5. The summed E-state index contributed by atoms with van der Waals surface area (Å²) in [5.74, 6) is -0.878. The standard InChI is InChI=1S/C21H19ClN2O3/c1-14-12-18(17-4-2-3-5-19(17)24-14)21(26)27-13-20(25)23-11-10-15-6-8-16(22)9-7-15/h2-9,12H,10-11,13H2,1H3,(H,23,25). The van der Waals surface area contributed by atoms with E-state index < -0.39 is 5.97 Å². The van der Waals surface area contributed by atoms with Gasteiger partial charge in [0.1, 0.15) is 0 Å². The lowest BCUT2D eigenvalue weighted by molar-refractivity contribution is -0.124. The van der Waals surface area contributed by atoms with Crippen LogP contribution >= 0.6 is 11.6 Å². The Morgan fingerprint density at radius 2 is 1.85 bits per heavy atom. The molecule has 5 nitrogen and oxygen atoms in total. The number of ether oxygens (including phenoxy) is 1. The third-order valence-electron chi connectivity index (χ3n) is 4.05. The van der Waals surface area contributed by atoms with Gasteiger partial charge in [0.05, 0.1) is 11.1 Å². The molecular formula is C21H19ClN2O3. The van der Waals surface area contributed by atoms with Crippen molar-refractivity contribution in [1.29, 1.82) is 0 Å². The van der Waals surface area contributed by atoms with Crippen LogP contribution in [0.4, 0.5) is 0 Å². The smallest absolute Gasteiger partial charge is 0.339 e. The molecule has 1 amide bonds. The van der Waals surface area contributed by atoms with E-state index in [4.69, 9.17) is 16.3 Å². The zero-order valence-electron chi connectivity index (χ0n) is 14.9. The Balaban J connectivity index is 1.53. The first-order valence-corrected chi connectivity index (χ1v) is 8.95. The molecule has 0 radical (unpaired) electrons. The van der Waals surface area contributed by atoms with E-state index in [1.807, 2.05) is 55.5 Å². The van der Waals surface area contributed by atoms with Crippen molar-refractivity contribution in [2.24, 2.45) is 0 Å². The molecule has 0 bridgehead atoms. The van der Waals surface area contributed by atoms with Gasteiger partial charge in [0.25, 0.3) is 5.91 Å². The lowest BCUT2D eigenvalue weighted by Gasteiger charge is -2.09. The number of aromatic nitrogens is 1. The monoisotopic (exact) mass is 382 g/mol. The number of hydrogen-bond acceptors (Lipinski definition) is 4. The van der Waals surface area contributed by atoms with Gasteiger partial charge >= 0.3 is 5.97 Å². The first-order valence-electron chi connectivity index (χ1n) is 8.57. The fourth-order valence-corrected chi connectivity index (χ4v) is 2.86. The van der Waals surface area contributed by atoms with Crippen LogP contribution in [-0.4, -0.2) is 30.0 Å². The van der Waals surface area contributed by atoms with Crippen LogP contribution in [0.3, 0.4) is 0 Å². The van der Waals surface area contributed by atoms with Gasteiger partial charge in [-0.15, -0.1) is 0 Å². The number of halogens is 1. The topological polar surface area (TPSA) is 68.3 Å². The number of esters is 1. The Bertz CT molecular complexity index is 971. The second-order valence-electron chi connectivity index (χ2n) is 6.13. The van der Waals surface area contributed by atoms with Crippen LogP contribution < -0.4 is 5.32 Å². The van der Waals surface area contributed by atoms with Crippen molar-refractivity contribution in [2.45, 2.75) is 13.3 Å². The second kappa shape index (κ2) is 8.64. The average molecular weight is 383 g/mol. The van der Waals surface area contributed by atoms with Crippen LogP contribution in [0.25, 0.3) is 10.9 Å². The summed E-state index contributed by atoms with van der Waals surface area (Å²) < 4.78 is 5.18. The number of para-hydroxylation sites is 1. The Kier molecular flexibility index (Phi) is 6.04. The minimum absolute atomic E-state index is 0.324. The molecule has 0 aliphatic carbocycles. The molecule has 2 aromatic carbocycles. The number of aryl methyl sites for hydroxylation is 1. The third kappa shape index (κ3) is 5.05. The molecule has 1 N–H and O–H groups in total. The summed E-state index contributed by atoms with van der Waals surface area (Å²) in [6.07, 6.45) is 0.672. The first kappa shape index (κ1) is 18.9. The molecule has 6 heteroatoms. The lowest BCUT2D eigenvalue weighted by atomic mass is 10.1. The summed E-state index contributed by atoms with van der Waals surface area (Å²) in [6.45, 7) is 1.94. The molecule has 0 saturated carbocycles. The summed E-state index contributed by atoms with van der Waals surface area (Å²) in [6, 6.07) is 16.4. The quantitative estimate of drug-likeness (QED) is 0.660. The van der Waals surface area contributed by atoms with Gasteiger partial charge in [-0.25, -0.2) is 4.79 Å². The summed E-state index contributed by atoms with van der Waals surface area (Å²) in [5.41, 5.74) is 2.91. The van der Waals surface area contributed by atoms with E-state index in [9.17, 15) is 9.59 Å². The Labute approximate surface area is 162 Å². The van der Waals surface area contributed by atoms with Crippen LogP contribution in [-0.2, 0) is 16.0 Å². The van der Waals surface area contributed by atoms with Crippen molar-refractivity contribution < 1.29 is 14.3 Å². The van der Waals surface area contributed by atoms with Crippen LogP contribution in [0.15, 0.2) is 54.6 Å². The molecule has 27 heavy (non-hydrogen) atoms. The number of pyridine rings is 1. The van der Waals surface area contributed by atoms with Crippen molar-refractivity contribution in [3.63, 3.8) is 0 Å². The number of hydrogen-bond donors (Lipinski definition) is 1. The van der Waals surface area contributed by atoms with E-state index in [2.05, 4.69) is 10.3 Å². The molecule has 3 aromatic rings. The number of nitrogens with zero attached hydrogens (tertiary/aromatic N) is 1. The van der Waals surface area contributed by atoms with Gasteiger partial charge in [-0.3, -0.25) is 9.78 Å². The number of benzene rings is 2. The van der Waals surface area contributed by atoms with Crippen LogP contribution in [0.2, 0.25) is 5.02 Å². The fourth-order valence-electron chi connectivity index (χ4n) is 2.73. The SMILES string of the molecule is Cc1cc(C(=O)OCC(=O)NCCc2ccc(Cl)cc2)c2ccccc2n1. The van der Waals surface area contributed by atoms with E-state index >= 15 is 0 Å². The molecule has 3 rings (SSSR count). The number of amides is 1. The fraction of sp³-hybridized carbons (Fsp3) is 0.190. The molecule has 0 aliphatic rings. The van der Waals surface area contributed by atoms with Gasteiger partial charge in [0.15, 0.2) is 6.61 Å². The predicted octanol–water partition coefficient (Wildman–Crippen LogP) is 3.71. The first-order chi connectivity index (χ1) is 13.0. The van der Waals surface area contributed by atoms with Gasteiger partial charge in [0.2, 0.25) is 0 Å². The molecule has 1 aromatic heterocycles. The Morgan fingerprint density at radius 1 is 1.11 bits per heavy atom. The largest absolute Gasteiger partial charge is 0.452 e. The average Bonchev–Trinajstić information content (AvgIpc) is 2.67. The number of carbonyl (C=O) groups is 2. The van der Waals surface area contributed by atoms with Crippen LogP contribution in [0, 0.1) is 6.92 Å². The van der Waals surface area contributed by atoms with Crippen molar-refractivity contribution in [3.05, 3.63) is 76.4 Å². The van der Waals surface area contributed by atoms with E-state index in [1.54, 1.807) is 6.07 Å². The Hall–Kier alpha value is -2.92. The minimum Gasteiger partial charge on any atom is -0.452 e. The van der Waals surface area contributed by atoms with Crippen molar-refractivity contribution in [1.82, 2.24) is 10.3 Å². The van der Waals surface area contributed by atoms with Gasteiger partial charge in [-0.05, 0) is 43.2 Å². The van der Waals surface area contributed by atoms with E-state index in [0.29, 0.717) is 34.6 Å². The predicted molar refractivity (Wildman–Crippen MR) is 105 cm³/mol.